The van der Waals surface area contributed by atoms with Crippen molar-refractivity contribution < 1.29 is 9.53 Å². The summed E-state index contributed by atoms with van der Waals surface area (Å²) in [6, 6.07) is 14.3. The van der Waals surface area contributed by atoms with Gasteiger partial charge in [0.1, 0.15) is 12.3 Å². The van der Waals surface area contributed by atoms with Crippen LogP contribution in [0, 0.1) is 0 Å². The molecule has 0 aliphatic carbocycles. The molecule has 0 atom stereocenters. The molecule has 0 radical (unpaired) electrons. The van der Waals surface area contributed by atoms with Gasteiger partial charge in [0.15, 0.2) is 0 Å². The molecule has 0 spiro atoms. The van der Waals surface area contributed by atoms with Gasteiger partial charge in [-0.15, -0.1) is 5.10 Å². The molecule has 9 heteroatoms. The maximum absolute atomic E-state index is 12.7. The first-order chi connectivity index (χ1) is 14.9. The molecule has 0 aliphatic heterocycles. The van der Waals surface area contributed by atoms with Gasteiger partial charge in [0.05, 0.1) is 0 Å². The first kappa shape index (κ1) is 20.6. The Hall–Kier alpha value is -3.65. The van der Waals surface area contributed by atoms with E-state index in [2.05, 4.69) is 29.2 Å². The highest BCUT2D eigenvalue weighted by molar-refractivity contribution is 6.30. The maximum atomic E-state index is 12.7. The Morgan fingerprint density at radius 1 is 1.13 bits per heavy atom. The lowest BCUT2D eigenvalue weighted by atomic mass is 10.0. The molecule has 2 aromatic carbocycles. The zero-order chi connectivity index (χ0) is 22.0. The number of halogens is 1. The lowest BCUT2D eigenvalue weighted by molar-refractivity contribution is -0.117. The zero-order valence-corrected chi connectivity index (χ0v) is 17.7. The normalized spacial score (nSPS) is 11.1. The van der Waals surface area contributed by atoms with E-state index < -0.39 is 11.6 Å². The number of carbonyl (C=O) groups excluding carboxylic acids is 1. The topological polar surface area (TPSA) is 90.5 Å². The van der Waals surface area contributed by atoms with Gasteiger partial charge in [0, 0.05) is 23.1 Å². The van der Waals surface area contributed by atoms with E-state index in [1.807, 2.05) is 24.3 Å². The summed E-state index contributed by atoms with van der Waals surface area (Å²) < 4.78 is 8.21. The highest BCUT2D eigenvalue weighted by Crippen LogP contribution is 2.24. The van der Waals surface area contributed by atoms with E-state index in [-0.39, 0.29) is 18.1 Å². The van der Waals surface area contributed by atoms with Gasteiger partial charge in [-0.2, -0.15) is 0 Å². The first-order valence-electron chi connectivity index (χ1n) is 9.68. The molecule has 0 bridgehead atoms. The van der Waals surface area contributed by atoms with Crippen LogP contribution in [-0.4, -0.2) is 25.1 Å². The molecule has 158 valence electrons. The van der Waals surface area contributed by atoms with Crippen LogP contribution >= 0.6 is 11.6 Å². The van der Waals surface area contributed by atoms with Gasteiger partial charge < -0.3 is 10.1 Å². The highest BCUT2D eigenvalue weighted by atomic mass is 35.5. The number of benzene rings is 2. The second kappa shape index (κ2) is 8.61. The fourth-order valence-electron chi connectivity index (χ4n) is 3.00. The number of aromatic nitrogens is 4. The number of hydrogen-bond donors (Lipinski definition) is 1. The van der Waals surface area contributed by atoms with Crippen LogP contribution in [0.4, 0.5) is 5.69 Å². The number of anilines is 1. The van der Waals surface area contributed by atoms with Crippen molar-refractivity contribution in [2.75, 3.05) is 5.32 Å². The van der Waals surface area contributed by atoms with E-state index in [1.54, 1.807) is 24.3 Å². The molecule has 2 heterocycles. The number of carbonyl (C=O) groups is 1. The number of fused-ring (bicyclic) bond motifs is 1. The third-order valence-corrected chi connectivity index (χ3v) is 4.90. The van der Waals surface area contributed by atoms with Crippen LogP contribution in [0.25, 0.3) is 5.65 Å². The molecule has 1 amide bonds. The van der Waals surface area contributed by atoms with Crippen molar-refractivity contribution in [3.05, 3.63) is 82.0 Å². The van der Waals surface area contributed by atoms with Crippen molar-refractivity contribution in [2.24, 2.45) is 0 Å². The monoisotopic (exact) mass is 437 g/mol. The molecule has 1 N–H and O–H groups in total. The van der Waals surface area contributed by atoms with Gasteiger partial charge >= 0.3 is 5.69 Å². The number of nitrogens with zero attached hydrogens (tertiary/aromatic N) is 4. The summed E-state index contributed by atoms with van der Waals surface area (Å²) in [5, 5.41) is 7.52. The predicted molar refractivity (Wildman–Crippen MR) is 118 cm³/mol. The van der Waals surface area contributed by atoms with Gasteiger partial charge in [-0.25, -0.2) is 18.9 Å². The van der Waals surface area contributed by atoms with Gasteiger partial charge in [0.25, 0.3) is 5.88 Å². The van der Waals surface area contributed by atoms with Crippen molar-refractivity contribution in [1.29, 1.82) is 0 Å². The molecule has 0 unspecified atom stereocenters. The molecule has 4 aromatic rings. The summed E-state index contributed by atoms with van der Waals surface area (Å²) in [6.45, 7) is 3.96. The van der Waals surface area contributed by atoms with Crippen LogP contribution in [-0.2, 0) is 11.3 Å². The van der Waals surface area contributed by atoms with Crippen LogP contribution < -0.4 is 15.7 Å². The molecule has 2 aromatic heterocycles. The minimum Gasteiger partial charge on any atom is -0.436 e. The Balaban J connectivity index is 1.56. The van der Waals surface area contributed by atoms with E-state index in [4.69, 9.17) is 16.3 Å². The van der Waals surface area contributed by atoms with E-state index in [1.165, 1.54) is 22.4 Å². The average Bonchev–Trinajstić information content (AvgIpc) is 3.06. The summed E-state index contributed by atoms with van der Waals surface area (Å²) >= 11 is 5.85. The smallest absolute Gasteiger partial charge is 0.351 e. The molecule has 0 fully saturated rings. The third kappa shape index (κ3) is 4.59. The highest BCUT2D eigenvalue weighted by Gasteiger charge is 2.16. The van der Waals surface area contributed by atoms with E-state index in [9.17, 15) is 9.59 Å². The van der Waals surface area contributed by atoms with Crippen molar-refractivity contribution in [1.82, 2.24) is 19.2 Å². The largest absolute Gasteiger partial charge is 0.436 e. The number of hydrogen-bond acceptors (Lipinski definition) is 5. The molecule has 31 heavy (non-hydrogen) atoms. The summed E-state index contributed by atoms with van der Waals surface area (Å²) in [4.78, 5) is 29.2. The Morgan fingerprint density at radius 3 is 2.52 bits per heavy atom. The molecular formula is C22H20ClN5O3. The summed E-state index contributed by atoms with van der Waals surface area (Å²) in [6.07, 6.45) is 2.93. The molecule has 0 aliphatic rings. The lowest BCUT2D eigenvalue weighted by Crippen LogP contribution is -2.28. The average molecular weight is 438 g/mol. The van der Waals surface area contributed by atoms with Crippen molar-refractivity contribution >= 4 is 28.8 Å². The summed E-state index contributed by atoms with van der Waals surface area (Å²) in [5.41, 5.74) is 1.51. The van der Waals surface area contributed by atoms with E-state index in [0.717, 1.165) is 4.68 Å². The molecule has 8 nitrogen and oxygen atoms in total. The molecular weight excluding hydrogens is 418 g/mol. The minimum absolute atomic E-state index is 0.175. The number of rotatable bonds is 6. The fourth-order valence-corrected chi connectivity index (χ4v) is 3.13. The summed E-state index contributed by atoms with van der Waals surface area (Å²) in [5.74, 6) is 0.762. The Morgan fingerprint density at radius 2 is 1.84 bits per heavy atom. The van der Waals surface area contributed by atoms with Crippen molar-refractivity contribution in [2.45, 2.75) is 26.3 Å². The predicted octanol–water partition coefficient (Wildman–Crippen LogP) is 4.10. The number of amides is 1. The lowest BCUT2D eigenvalue weighted by Gasteiger charge is -2.08. The maximum Gasteiger partial charge on any atom is 0.351 e. The quantitative estimate of drug-likeness (QED) is 0.490. The molecule has 4 rings (SSSR count). The zero-order valence-electron chi connectivity index (χ0n) is 16.9. The van der Waals surface area contributed by atoms with Gasteiger partial charge in [-0.1, -0.05) is 37.6 Å². The van der Waals surface area contributed by atoms with Gasteiger partial charge in [-0.05, 0) is 47.9 Å². The van der Waals surface area contributed by atoms with E-state index in [0.29, 0.717) is 22.4 Å². The molecule has 0 saturated carbocycles. The van der Waals surface area contributed by atoms with Crippen LogP contribution in [0.5, 0.6) is 11.6 Å². The Bertz CT molecular complexity index is 1280. The second-order valence-electron chi connectivity index (χ2n) is 7.25. The second-order valence-corrected chi connectivity index (χ2v) is 7.68. The number of ether oxygens (including phenoxy) is 1. The van der Waals surface area contributed by atoms with Gasteiger partial charge in [-0.3, -0.25) is 4.79 Å². The first-order valence-corrected chi connectivity index (χ1v) is 10.1. The fraction of sp³-hybridized carbons (Fsp3) is 0.182. The number of nitrogens with one attached hydrogen (secondary N) is 1. The van der Waals surface area contributed by atoms with Crippen molar-refractivity contribution in [3.8, 4) is 11.6 Å². The van der Waals surface area contributed by atoms with Crippen LogP contribution in [0.2, 0.25) is 5.02 Å². The van der Waals surface area contributed by atoms with Crippen LogP contribution in [0.15, 0.2) is 65.7 Å². The third-order valence-electron chi connectivity index (χ3n) is 4.65. The van der Waals surface area contributed by atoms with E-state index >= 15 is 0 Å². The summed E-state index contributed by atoms with van der Waals surface area (Å²) in [7, 11) is 0. The minimum atomic E-state index is -0.469. The van der Waals surface area contributed by atoms with Crippen LogP contribution in [0.1, 0.15) is 25.3 Å². The Labute approximate surface area is 183 Å². The SMILES string of the molecule is CC(C)c1ccc(Oc2nccn3c(=O)n(CC(=O)Nc4ccc(Cl)cc4)nc23)cc1. The van der Waals surface area contributed by atoms with Crippen LogP contribution in [0.3, 0.4) is 0 Å². The molecule has 0 saturated heterocycles. The Kier molecular flexibility index (Phi) is 5.73. The van der Waals surface area contributed by atoms with Gasteiger partial charge in [0.2, 0.25) is 11.6 Å². The van der Waals surface area contributed by atoms with Crippen molar-refractivity contribution in [3.63, 3.8) is 0 Å². The standard InChI is InChI=1S/C22H20ClN5O3/c1-14(2)15-3-9-18(10-4-15)31-21-20-26-28(22(30)27(20)12-11-24-21)13-19(29)25-17-7-5-16(23)6-8-17/h3-12,14H,13H2,1-2H3,(H,25,29).